The fourth-order valence-electron chi connectivity index (χ4n) is 1.71. The number of alkyl halides is 3. The maximum absolute atomic E-state index is 12.1. The Morgan fingerprint density at radius 2 is 2.14 bits per heavy atom. The minimum Gasteiger partial charge on any atom is -0.302 e. The summed E-state index contributed by atoms with van der Waals surface area (Å²) < 4.78 is 37.7. The first kappa shape index (κ1) is 13.9. The van der Waals surface area contributed by atoms with E-state index in [9.17, 15) is 13.2 Å². The van der Waals surface area contributed by atoms with Crippen LogP contribution in [0.15, 0.2) is 24.5 Å². The standard InChI is InChI=1S/C11H9F3N6S/c12-11(13,14)6-16-5-8-19-20-9(17-18-10(20)21-8)7-2-1-3-15-4-7/h1-4,16H,5-6H2. The minimum atomic E-state index is -4.24. The summed E-state index contributed by atoms with van der Waals surface area (Å²) in [6.45, 7) is -1.03. The highest BCUT2D eigenvalue weighted by Crippen LogP contribution is 2.21. The van der Waals surface area contributed by atoms with Gasteiger partial charge in [0.05, 0.1) is 13.1 Å². The van der Waals surface area contributed by atoms with Crippen molar-refractivity contribution >= 4 is 16.3 Å². The van der Waals surface area contributed by atoms with Gasteiger partial charge in [0.25, 0.3) is 0 Å². The monoisotopic (exact) mass is 314 g/mol. The van der Waals surface area contributed by atoms with E-state index in [1.807, 2.05) is 6.07 Å². The summed E-state index contributed by atoms with van der Waals surface area (Å²) in [5, 5.41) is 15.0. The molecule has 1 N–H and O–H groups in total. The van der Waals surface area contributed by atoms with E-state index in [4.69, 9.17) is 0 Å². The van der Waals surface area contributed by atoms with Crippen LogP contribution in [0.5, 0.6) is 0 Å². The maximum Gasteiger partial charge on any atom is 0.401 e. The molecule has 3 heterocycles. The van der Waals surface area contributed by atoms with Crippen molar-refractivity contribution in [2.75, 3.05) is 6.54 Å². The first-order chi connectivity index (χ1) is 10.0. The molecule has 0 spiro atoms. The molecule has 6 nitrogen and oxygen atoms in total. The van der Waals surface area contributed by atoms with Crippen LogP contribution >= 0.6 is 11.3 Å². The first-order valence-electron chi connectivity index (χ1n) is 5.92. The van der Waals surface area contributed by atoms with Gasteiger partial charge in [-0.15, -0.1) is 10.2 Å². The lowest BCUT2D eigenvalue weighted by Crippen LogP contribution is -2.28. The predicted octanol–water partition coefficient (Wildman–Crippen LogP) is 1.90. The number of hydrogen-bond acceptors (Lipinski definition) is 6. The highest BCUT2D eigenvalue weighted by Gasteiger charge is 2.26. The average Bonchev–Trinajstić information content (AvgIpc) is 2.98. The summed E-state index contributed by atoms with van der Waals surface area (Å²) in [5.41, 5.74) is 0.741. The van der Waals surface area contributed by atoms with Gasteiger partial charge in [0, 0.05) is 18.0 Å². The molecule has 0 fully saturated rings. The van der Waals surface area contributed by atoms with Gasteiger partial charge in [0.2, 0.25) is 4.96 Å². The van der Waals surface area contributed by atoms with Crippen LogP contribution in [-0.4, -0.2) is 37.5 Å². The lowest BCUT2D eigenvalue weighted by molar-refractivity contribution is -0.125. The van der Waals surface area contributed by atoms with Crippen molar-refractivity contribution in [3.05, 3.63) is 29.5 Å². The van der Waals surface area contributed by atoms with Crippen molar-refractivity contribution < 1.29 is 13.2 Å². The van der Waals surface area contributed by atoms with E-state index >= 15 is 0 Å². The second kappa shape index (κ2) is 5.37. The van der Waals surface area contributed by atoms with Gasteiger partial charge >= 0.3 is 6.18 Å². The third-order valence-electron chi connectivity index (χ3n) is 2.55. The van der Waals surface area contributed by atoms with Crippen molar-refractivity contribution in [1.29, 1.82) is 0 Å². The first-order valence-corrected chi connectivity index (χ1v) is 6.73. The number of rotatable bonds is 4. The summed E-state index contributed by atoms with van der Waals surface area (Å²) in [7, 11) is 0. The SMILES string of the molecule is FC(F)(F)CNCc1nn2c(-c3cccnc3)nnc2s1. The van der Waals surface area contributed by atoms with Gasteiger partial charge in [-0.3, -0.25) is 4.98 Å². The van der Waals surface area contributed by atoms with Crippen LogP contribution in [0.1, 0.15) is 5.01 Å². The molecule has 3 aromatic heterocycles. The smallest absolute Gasteiger partial charge is 0.302 e. The summed E-state index contributed by atoms with van der Waals surface area (Å²) in [4.78, 5) is 4.51. The molecule has 0 aromatic carbocycles. The molecule has 3 rings (SSSR count). The van der Waals surface area contributed by atoms with Gasteiger partial charge in [-0.05, 0) is 12.1 Å². The van der Waals surface area contributed by atoms with Crippen molar-refractivity contribution in [3.8, 4) is 11.4 Å². The predicted molar refractivity (Wildman–Crippen MR) is 69.7 cm³/mol. The van der Waals surface area contributed by atoms with Crippen LogP contribution < -0.4 is 5.32 Å². The average molecular weight is 314 g/mol. The zero-order chi connectivity index (χ0) is 14.9. The normalized spacial score (nSPS) is 12.1. The Hall–Kier alpha value is -2.07. The number of aromatic nitrogens is 5. The Labute approximate surface area is 120 Å². The van der Waals surface area contributed by atoms with Crippen molar-refractivity contribution in [3.63, 3.8) is 0 Å². The zero-order valence-electron chi connectivity index (χ0n) is 10.5. The van der Waals surface area contributed by atoms with Crippen LogP contribution in [0.25, 0.3) is 16.3 Å². The summed E-state index contributed by atoms with van der Waals surface area (Å²) in [6, 6.07) is 3.57. The van der Waals surface area contributed by atoms with Gasteiger partial charge in [-0.25, -0.2) is 0 Å². The molecular weight excluding hydrogens is 305 g/mol. The van der Waals surface area contributed by atoms with E-state index in [1.54, 1.807) is 18.5 Å². The van der Waals surface area contributed by atoms with E-state index in [-0.39, 0.29) is 6.54 Å². The number of pyridine rings is 1. The third kappa shape index (κ3) is 3.16. The highest BCUT2D eigenvalue weighted by atomic mass is 32.1. The Kier molecular flexibility index (Phi) is 3.55. The van der Waals surface area contributed by atoms with Gasteiger partial charge in [-0.2, -0.15) is 22.8 Å². The van der Waals surface area contributed by atoms with Gasteiger partial charge in [-0.1, -0.05) is 11.3 Å². The fourth-order valence-corrected chi connectivity index (χ4v) is 2.52. The molecule has 0 radical (unpaired) electrons. The topological polar surface area (TPSA) is 68.0 Å². The summed E-state index contributed by atoms with van der Waals surface area (Å²) >= 11 is 1.19. The van der Waals surface area contributed by atoms with Crippen molar-refractivity contribution in [2.24, 2.45) is 0 Å². The Morgan fingerprint density at radius 1 is 1.29 bits per heavy atom. The molecule has 0 unspecified atom stereocenters. The molecule has 0 saturated heterocycles. The molecule has 0 aliphatic heterocycles. The van der Waals surface area contributed by atoms with Gasteiger partial charge in [0.15, 0.2) is 5.82 Å². The quantitative estimate of drug-likeness (QED) is 0.796. The lowest BCUT2D eigenvalue weighted by Gasteiger charge is -2.05. The van der Waals surface area contributed by atoms with E-state index in [2.05, 4.69) is 25.6 Å². The summed E-state index contributed by atoms with van der Waals surface area (Å²) in [5.74, 6) is 0.511. The molecule has 0 aliphatic carbocycles. The van der Waals surface area contributed by atoms with Crippen molar-refractivity contribution in [2.45, 2.75) is 12.7 Å². The van der Waals surface area contributed by atoms with E-state index in [0.717, 1.165) is 5.56 Å². The third-order valence-corrected chi connectivity index (χ3v) is 3.45. The highest BCUT2D eigenvalue weighted by molar-refractivity contribution is 7.16. The van der Waals surface area contributed by atoms with Crippen LogP contribution in [0.3, 0.4) is 0 Å². The van der Waals surface area contributed by atoms with E-state index in [1.165, 1.54) is 15.9 Å². The number of halogens is 3. The van der Waals surface area contributed by atoms with Crippen LogP contribution in [0, 0.1) is 0 Å². The van der Waals surface area contributed by atoms with E-state index < -0.39 is 12.7 Å². The molecule has 0 atom stereocenters. The second-order valence-electron chi connectivity index (χ2n) is 4.17. The zero-order valence-corrected chi connectivity index (χ0v) is 11.3. The molecule has 0 bridgehead atoms. The molecule has 0 aliphatic rings. The van der Waals surface area contributed by atoms with Gasteiger partial charge < -0.3 is 5.32 Å². The van der Waals surface area contributed by atoms with E-state index in [0.29, 0.717) is 15.8 Å². The molecule has 0 amide bonds. The van der Waals surface area contributed by atoms with Crippen LogP contribution in [0.2, 0.25) is 0 Å². The fraction of sp³-hybridized carbons (Fsp3) is 0.273. The molecule has 110 valence electrons. The van der Waals surface area contributed by atoms with Crippen molar-refractivity contribution in [1.82, 2.24) is 30.1 Å². The Balaban J connectivity index is 1.80. The molecule has 3 aromatic rings. The van der Waals surface area contributed by atoms with Crippen LogP contribution in [0.4, 0.5) is 13.2 Å². The lowest BCUT2D eigenvalue weighted by atomic mass is 10.3. The molecular formula is C11H9F3N6S. The summed E-state index contributed by atoms with van der Waals surface area (Å²) in [6.07, 6.45) is -0.980. The number of nitrogens with zero attached hydrogens (tertiary/aromatic N) is 5. The van der Waals surface area contributed by atoms with Crippen LogP contribution in [-0.2, 0) is 6.54 Å². The maximum atomic E-state index is 12.1. The van der Waals surface area contributed by atoms with Gasteiger partial charge in [0.1, 0.15) is 5.01 Å². The largest absolute Gasteiger partial charge is 0.401 e. The number of fused-ring (bicyclic) bond motifs is 1. The Bertz CT molecular complexity index is 735. The number of nitrogens with one attached hydrogen (secondary N) is 1. The Morgan fingerprint density at radius 3 is 2.86 bits per heavy atom. The molecule has 21 heavy (non-hydrogen) atoms. The minimum absolute atomic E-state index is 0.0278. The number of hydrogen-bond donors (Lipinski definition) is 1. The molecule has 0 saturated carbocycles. The second-order valence-corrected chi connectivity index (χ2v) is 5.21. The molecule has 10 heteroatoms.